The SMILES string of the molecule is CS(=O)(=O)NN1C(=O)c2ccccc2N[C@@H]1c1cccc([N+](=O)[O-])c1. The lowest BCUT2D eigenvalue weighted by molar-refractivity contribution is -0.384. The molecule has 1 aliphatic heterocycles. The van der Waals surface area contributed by atoms with Crippen molar-refractivity contribution in [2.75, 3.05) is 11.6 Å². The number of nitrogens with one attached hydrogen (secondary N) is 2. The van der Waals surface area contributed by atoms with Crippen LogP contribution in [0, 0.1) is 10.1 Å². The minimum Gasteiger partial charge on any atom is -0.360 e. The number of carbonyl (C=O) groups is 1. The quantitative estimate of drug-likeness (QED) is 0.630. The maximum Gasteiger partial charge on any atom is 0.273 e. The smallest absolute Gasteiger partial charge is 0.273 e. The molecule has 1 amide bonds. The van der Waals surface area contributed by atoms with Crippen molar-refractivity contribution in [3.8, 4) is 0 Å². The number of benzene rings is 2. The normalized spacial score (nSPS) is 16.9. The van der Waals surface area contributed by atoms with Crippen LogP contribution in [0.3, 0.4) is 0 Å². The van der Waals surface area contributed by atoms with E-state index in [1.165, 1.54) is 18.2 Å². The van der Waals surface area contributed by atoms with E-state index in [0.29, 0.717) is 16.8 Å². The highest BCUT2D eigenvalue weighted by Gasteiger charge is 2.35. The van der Waals surface area contributed by atoms with Crippen LogP contribution in [0.4, 0.5) is 11.4 Å². The monoisotopic (exact) mass is 362 g/mol. The third-order valence-corrected chi connectivity index (χ3v) is 4.12. The lowest BCUT2D eigenvalue weighted by atomic mass is 10.0. The lowest BCUT2D eigenvalue weighted by Crippen LogP contribution is -2.52. The van der Waals surface area contributed by atoms with Crippen molar-refractivity contribution in [1.82, 2.24) is 9.84 Å². The summed E-state index contributed by atoms with van der Waals surface area (Å²) in [6, 6.07) is 12.3. The molecular weight excluding hydrogens is 348 g/mol. The first-order chi connectivity index (χ1) is 11.8. The van der Waals surface area contributed by atoms with Crippen LogP contribution in [0.15, 0.2) is 48.5 Å². The highest BCUT2D eigenvalue weighted by Crippen LogP contribution is 2.33. The van der Waals surface area contributed by atoms with Gasteiger partial charge in [0.25, 0.3) is 11.6 Å². The first-order valence-corrected chi connectivity index (χ1v) is 9.06. The molecule has 0 aromatic heterocycles. The van der Waals surface area contributed by atoms with E-state index in [2.05, 4.69) is 10.1 Å². The number of amides is 1. The van der Waals surface area contributed by atoms with Crippen molar-refractivity contribution in [3.63, 3.8) is 0 Å². The Balaban J connectivity index is 2.10. The predicted octanol–water partition coefficient (Wildman–Crippen LogP) is 1.63. The molecule has 1 atom stereocenters. The van der Waals surface area contributed by atoms with Crippen molar-refractivity contribution in [3.05, 3.63) is 69.8 Å². The number of nitro groups is 1. The number of sulfonamides is 1. The summed E-state index contributed by atoms with van der Waals surface area (Å²) < 4.78 is 23.3. The highest BCUT2D eigenvalue weighted by molar-refractivity contribution is 7.88. The third kappa shape index (κ3) is 3.44. The Kier molecular flexibility index (Phi) is 4.15. The number of nitro benzene ring substituents is 1. The molecule has 1 aliphatic rings. The van der Waals surface area contributed by atoms with E-state index in [0.717, 1.165) is 11.3 Å². The Hall–Kier alpha value is -2.98. The molecule has 0 saturated carbocycles. The van der Waals surface area contributed by atoms with Gasteiger partial charge in [0.15, 0.2) is 0 Å². The number of nitrogens with zero attached hydrogens (tertiary/aromatic N) is 2. The van der Waals surface area contributed by atoms with Crippen LogP contribution in [0.1, 0.15) is 22.1 Å². The molecule has 0 saturated heterocycles. The van der Waals surface area contributed by atoms with Gasteiger partial charge in [-0.1, -0.05) is 24.3 Å². The number of non-ortho nitro benzene ring substituents is 1. The van der Waals surface area contributed by atoms with Gasteiger partial charge in [-0.05, 0) is 12.1 Å². The van der Waals surface area contributed by atoms with Gasteiger partial charge < -0.3 is 5.32 Å². The maximum absolute atomic E-state index is 12.7. The summed E-state index contributed by atoms with van der Waals surface area (Å²) in [4.78, 5) is 25.3. The first-order valence-electron chi connectivity index (χ1n) is 7.17. The first kappa shape index (κ1) is 16.9. The summed E-state index contributed by atoms with van der Waals surface area (Å²) >= 11 is 0. The second kappa shape index (κ2) is 6.15. The van der Waals surface area contributed by atoms with Crippen LogP contribution >= 0.6 is 0 Å². The molecule has 2 aromatic rings. The molecule has 130 valence electrons. The molecular formula is C15H14N4O5S. The van der Waals surface area contributed by atoms with Crippen LogP contribution in [0.25, 0.3) is 0 Å². The van der Waals surface area contributed by atoms with Crippen LogP contribution in [0.2, 0.25) is 0 Å². The Morgan fingerprint density at radius 1 is 1.20 bits per heavy atom. The summed E-state index contributed by atoms with van der Waals surface area (Å²) in [7, 11) is -3.75. The number of carbonyl (C=O) groups excluding carboxylic acids is 1. The predicted molar refractivity (Wildman–Crippen MR) is 90.1 cm³/mol. The third-order valence-electron chi connectivity index (χ3n) is 3.59. The van der Waals surface area contributed by atoms with Crippen molar-refractivity contribution in [2.45, 2.75) is 6.17 Å². The molecule has 2 N–H and O–H groups in total. The summed E-state index contributed by atoms with van der Waals surface area (Å²) in [6.07, 6.45) is -0.0114. The number of hydrazine groups is 1. The van der Waals surface area contributed by atoms with Gasteiger partial charge in [0.2, 0.25) is 10.0 Å². The molecule has 25 heavy (non-hydrogen) atoms. The van der Waals surface area contributed by atoms with E-state index in [-0.39, 0.29) is 5.69 Å². The highest BCUT2D eigenvalue weighted by atomic mass is 32.2. The van der Waals surface area contributed by atoms with E-state index in [9.17, 15) is 23.3 Å². The second-order valence-electron chi connectivity index (χ2n) is 5.48. The summed E-state index contributed by atoms with van der Waals surface area (Å²) in [6.45, 7) is 0. The Morgan fingerprint density at radius 2 is 1.92 bits per heavy atom. The van der Waals surface area contributed by atoms with Gasteiger partial charge in [-0.25, -0.2) is 13.4 Å². The van der Waals surface area contributed by atoms with Crippen LogP contribution < -0.4 is 10.1 Å². The zero-order chi connectivity index (χ0) is 18.2. The van der Waals surface area contributed by atoms with Gasteiger partial charge in [-0.15, -0.1) is 4.83 Å². The molecule has 10 heteroatoms. The molecule has 0 fully saturated rings. The molecule has 0 radical (unpaired) electrons. The number of anilines is 1. The fourth-order valence-electron chi connectivity index (χ4n) is 2.57. The zero-order valence-electron chi connectivity index (χ0n) is 13.0. The van der Waals surface area contributed by atoms with E-state index >= 15 is 0 Å². The van der Waals surface area contributed by atoms with Crippen molar-refractivity contribution in [1.29, 1.82) is 0 Å². The fourth-order valence-corrected chi connectivity index (χ4v) is 3.11. The Labute approximate surface area is 143 Å². The maximum atomic E-state index is 12.7. The topological polar surface area (TPSA) is 122 Å². The van der Waals surface area contributed by atoms with Gasteiger partial charge in [0.05, 0.1) is 16.7 Å². The number of para-hydroxylation sites is 1. The number of hydrogen-bond acceptors (Lipinski definition) is 6. The minimum atomic E-state index is -3.75. The molecule has 2 aromatic carbocycles. The summed E-state index contributed by atoms with van der Waals surface area (Å²) in [5.74, 6) is -0.559. The van der Waals surface area contributed by atoms with Crippen molar-refractivity contribution >= 4 is 27.3 Å². The largest absolute Gasteiger partial charge is 0.360 e. The number of rotatable bonds is 4. The number of fused-ring (bicyclic) bond motifs is 1. The standard InChI is InChI=1S/C15H14N4O5S/c1-25(23,24)17-18-14(10-5-4-6-11(9-10)19(21)22)16-13-8-3-2-7-12(13)15(18)20/h2-9,14,16-17H,1H3/t14-/m0/s1. The molecule has 3 rings (SSSR count). The van der Waals surface area contributed by atoms with E-state index in [4.69, 9.17) is 0 Å². The molecule has 0 aliphatic carbocycles. The van der Waals surface area contributed by atoms with Gasteiger partial charge in [0.1, 0.15) is 6.17 Å². The summed E-state index contributed by atoms with van der Waals surface area (Å²) in [5.41, 5.74) is 1.01. The molecule has 9 nitrogen and oxygen atoms in total. The van der Waals surface area contributed by atoms with Gasteiger partial charge >= 0.3 is 0 Å². The molecule has 0 unspecified atom stereocenters. The zero-order valence-corrected chi connectivity index (χ0v) is 13.9. The average Bonchev–Trinajstić information content (AvgIpc) is 2.56. The Morgan fingerprint density at radius 3 is 2.60 bits per heavy atom. The molecule has 0 spiro atoms. The lowest BCUT2D eigenvalue weighted by Gasteiger charge is -2.37. The van der Waals surface area contributed by atoms with Crippen molar-refractivity contribution < 1.29 is 18.1 Å². The van der Waals surface area contributed by atoms with Crippen LogP contribution in [-0.4, -0.2) is 30.5 Å². The average molecular weight is 362 g/mol. The summed E-state index contributed by atoms with van der Waals surface area (Å²) in [5, 5.41) is 15.0. The van der Waals surface area contributed by atoms with E-state index < -0.39 is 27.0 Å². The van der Waals surface area contributed by atoms with Crippen molar-refractivity contribution in [2.24, 2.45) is 0 Å². The Bertz CT molecular complexity index is 960. The van der Waals surface area contributed by atoms with E-state index in [1.54, 1.807) is 30.3 Å². The van der Waals surface area contributed by atoms with Crippen LogP contribution in [0.5, 0.6) is 0 Å². The van der Waals surface area contributed by atoms with E-state index in [1.807, 2.05) is 0 Å². The minimum absolute atomic E-state index is 0.162. The molecule has 0 bridgehead atoms. The van der Waals surface area contributed by atoms with Gasteiger partial charge in [-0.2, -0.15) is 0 Å². The fraction of sp³-hybridized carbons (Fsp3) is 0.133. The number of hydrogen-bond donors (Lipinski definition) is 2. The van der Waals surface area contributed by atoms with Gasteiger partial charge in [0, 0.05) is 23.4 Å². The molecule has 1 heterocycles. The second-order valence-corrected chi connectivity index (χ2v) is 7.21. The van der Waals surface area contributed by atoms with Crippen LogP contribution in [-0.2, 0) is 10.0 Å². The van der Waals surface area contributed by atoms with Gasteiger partial charge in [-0.3, -0.25) is 14.9 Å².